The summed E-state index contributed by atoms with van der Waals surface area (Å²) < 4.78 is 10.7. The Morgan fingerprint density at radius 2 is 1.48 bits per heavy atom. The van der Waals surface area contributed by atoms with E-state index in [0.717, 1.165) is 25.7 Å². The molecule has 3 N–H and O–H groups in total. The highest BCUT2D eigenvalue weighted by Gasteiger charge is 2.10. The van der Waals surface area contributed by atoms with Crippen molar-refractivity contribution >= 4 is 7.60 Å². The van der Waals surface area contributed by atoms with Crippen molar-refractivity contribution in [1.29, 1.82) is 0 Å². The maximum Gasteiger partial charge on any atom is 0.339 e. The highest BCUT2D eigenvalue weighted by Crippen LogP contribution is 2.31. The molecule has 0 radical (unpaired) electrons. The van der Waals surface area contributed by atoms with Gasteiger partial charge in [-0.3, -0.25) is 4.57 Å². The lowest BCUT2D eigenvalue weighted by Gasteiger charge is -2.05. The van der Waals surface area contributed by atoms with Crippen LogP contribution in [0.3, 0.4) is 0 Å². The molecule has 122 valence electrons. The third-order valence-corrected chi connectivity index (χ3v) is 3.67. The Balaban J connectivity index is 3.88. The lowest BCUT2D eigenvalue weighted by atomic mass is 10.1. The molecule has 0 unspecified atom stereocenters. The van der Waals surface area contributed by atoms with Crippen LogP contribution < -0.4 is 5.32 Å². The summed E-state index contributed by atoms with van der Waals surface area (Å²) in [6.07, 6.45) is 10.5. The largest absolute Gasteiger partial charge is 0.339 e. The Morgan fingerprint density at radius 3 is 2.00 bits per heavy atom. The van der Waals surface area contributed by atoms with E-state index in [4.69, 9.17) is 9.79 Å². The van der Waals surface area contributed by atoms with E-state index in [0.29, 0.717) is 6.54 Å². The second-order valence-electron chi connectivity index (χ2n) is 5.74. The van der Waals surface area contributed by atoms with Gasteiger partial charge < -0.3 is 15.1 Å². The quantitative estimate of drug-likeness (QED) is 0.322. The summed E-state index contributed by atoms with van der Waals surface area (Å²) in [5.74, 6) is 0. The fraction of sp³-hybridized carbons (Fsp3) is 0.625. The van der Waals surface area contributed by atoms with Gasteiger partial charge in [0, 0.05) is 6.54 Å². The fourth-order valence-corrected chi connectivity index (χ4v) is 2.22. The van der Waals surface area contributed by atoms with Crippen LogP contribution in [0, 0.1) is 0 Å². The topological polar surface area (TPSA) is 69.6 Å². The molecule has 0 aliphatic heterocycles. The molecule has 0 fully saturated rings. The van der Waals surface area contributed by atoms with Crippen LogP contribution in [0.15, 0.2) is 34.9 Å². The first-order chi connectivity index (χ1) is 9.70. The van der Waals surface area contributed by atoms with E-state index in [2.05, 4.69) is 38.2 Å². The molecular weight excluding hydrogens is 285 g/mol. The van der Waals surface area contributed by atoms with E-state index in [1.807, 2.05) is 13.0 Å². The molecule has 0 spiro atoms. The van der Waals surface area contributed by atoms with Gasteiger partial charge in [0.15, 0.2) is 0 Å². The summed E-state index contributed by atoms with van der Waals surface area (Å²) >= 11 is 0. The molecule has 0 aromatic heterocycles. The first-order valence-electron chi connectivity index (χ1n) is 7.40. The van der Waals surface area contributed by atoms with E-state index < -0.39 is 7.60 Å². The standard InChI is InChI=1S/C16H30NO3P/c1-14(2)7-5-8-15(3)9-6-10-16(4)11-12-17-13-21(18,19)20/h7,9,11,17H,5-6,8,10,12-13H2,1-4H3,(H2,18,19,20). The number of hydrogen-bond acceptors (Lipinski definition) is 2. The van der Waals surface area contributed by atoms with Crippen molar-refractivity contribution in [2.75, 3.05) is 12.8 Å². The number of hydrogen-bond donors (Lipinski definition) is 3. The zero-order valence-electron chi connectivity index (χ0n) is 13.7. The molecule has 0 aliphatic rings. The third kappa shape index (κ3) is 15.5. The highest BCUT2D eigenvalue weighted by molar-refractivity contribution is 7.51. The van der Waals surface area contributed by atoms with Gasteiger partial charge in [0.05, 0.1) is 6.29 Å². The summed E-state index contributed by atoms with van der Waals surface area (Å²) in [7, 11) is -3.93. The van der Waals surface area contributed by atoms with Crippen LogP contribution in [0.2, 0.25) is 0 Å². The van der Waals surface area contributed by atoms with Crippen molar-refractivity contribution in [1.82, 2.24) is 5.32 Å². The van der Waals surface area contributed by atoms with Crippen molar-refractivity contribution in [3.8, 4) is 0 Å². The Labute approximate surface area is 129 Å². The Morgan fingerprint density at radius 1 is 0.952 bits per heavy atom. The van der Waals surface area contributed by atoms with Crippen LogP contribution in [0.4, 0.5) is 0 Å². The van der Waals surface area contributed by atoms with E-state index in [1.54, 1.807) is 0 Å². The molecule has 0 amide bonds. The molecule has 21 heavy (non-hydrogen) atoms. The number of nitrogens with one attached hydrogen (secondary N) is 1. The average molecular weight is 315 g/mol. The van der Waals surface area contributed by atoms with Crippen LogP contribution in [-0.2, 0) is 4.57 Å². The minimum atomic E-state index is -3.93. The summed E-state index contributed by atoms with van der Waals surface area (Å²) in [5, 5.41) is 2.73. The molecule has 0 aromatic rings. The van der Waals surface area contributed by atoms with Crippen molar-refractivity contribution in [3.05, 3.63) is 34.9 Å². The predicted molar refractivity (Wildman–Crippen MR) is 90.3 cm³/mol. The van der Waals surface area contributed by atoms with E-state index in [-0.39, 0.29) is 6.29 Å². The molecular formula is C16H30NO3P. The van der Waals surface area contributed by atoms with Gasteiger partial charge in [-0.2, -0.15) is 0 Å². The SMILES string of the molecule is CC(C)=CCCC(C)=CCCC(C)=CCNCP(=O)(O)O. The first kappa shape index (κ1) is 20.3. The molecule has 0 rings (SSSR count). The van der Waals surface area contributed by atoms with E-state index >= 15 is 0 Å². The molecule has 5 heteroatoms. The zero-order valence-corrected chi connectivity index (χ0v) is 14.6. The molecule has 0 atom stereocenters. The molecule has 0 aliphatic carbocycles. The second kappa shape index (κ2) is 11.0. The van der Waals surface area contributed by atoms with Crippen LogP contribution in [0.25, 0.3) is 0 Å². The van der Waals surface area contributed by atoms with E-state index in [9.17, 15) is 4.57 Å². The Bertz CT molecular complexity index is 429. The lowest BCUT2D eigenvalue weighted by Crippen LogP contribution is -2.15. The minimum absolute atomic E-state index is 0.264. The van der Waals surface area contributed by atoms with Crippen molar-refractivity contribution in [2.45, 2.75) is 53.4 Å². The average Bonchev–Trinajstić information content (AvgIpc) is 2.33. The maximum atomic E-state index is 10.7. The van der Waals surface area contributed by atoms with Crippen molar-refractivity contribution < 1.29 is 14.4 Å². The van der Waals surface area contributed by atoms with Gasteiger partial charge >= 0.3 is 7.60 Å². The van der Waals surface area contributed by atoms with Gasteiger partial charge in [0.1, 0.15) is 0 Å². The molecule has 0 heterocycles. The summed E-state index contributed by atoms with van der Waals surface area (Å²) in [6, 6.07) is 0. The lowest BCUT2D eigenvalue weighted by molar-refractivity contribution is 0.369. The van der Waals surface area contributed by atoms with Gasteiger partial charge in [-0.25, -0.2) is 0 Å². The normalized spacial score (nSPS) is 13.4. The number of rotatable bonds is 10. The number of allylic oxidation sites excluding steroid dienone is 5. The molecule has 0 aromatic carbocycles. The third-order valence-electron chi connectivity index (χ3n) is 3.04. The smallest absolute Gasteiger partial charge is 0.324 e. The van der Waals surface area contributed by atoms with Crippen LogP contribution in [0.1, 0.15) is 53.4 Å². The van der Waals surface area contributed by atoms with Crippen LogP contribution in [0.5, 0.6) is 0 Å². The first-order valence-corrected chi connectivity index (χ1v) is 9.20. The summed E-state index contributed by atoms with van der Waals surface area (Å²) in [6.45, 7) is 8.95. The Kier molecular flexibility index (Phi) is 10.6. The predicted octanol–water partition coefficient (Wildman–Crippen LogP) is 4.13. The monoisotopic (exact) mass is 315 g/mol. The minimum Gasteiger partial charge on any atom is -0.324 e. The molecule has 0 saturated carbocycles. The molecule has 4 nitrogen and oxygen atoms in total. The van der Waals surface area contributed by atoms with Gasteiger partial charge in [-0.1, -0.05) is 34.9 Å². The van der Waals surface area contributed by atoms with Crippen molar-refractivity contribution in [3.63, 3.8) is 0 Å². The zero-order chi connectivity index (χ0) is 16.3. The van der Waals surface area contributed by atoms with Crippen molar-refractivity contribution in [2.24, 2.45) is 0 Å². The molecule has 0 saturated heterocycles. The van der Waals surface area contributed by atoms with Gasteiger partial charge in [0.25, 0.3) is 0 Å². The summed E-state index contributed by atoms with van der Waals surface area (Å²) in [4.78, 5) is 17.4. The molecule has 0 bridgehead atoms. The van der Waals surface area contributed by atoms with Crippen LogP contribution >= 0.6 is 7.60 Å². The van der Waals surface area contributed by atoms with Crippen LogP contribution in [-0.4, -0.2) is 22.6 Å². The Hall–Kier alpha value is -0.670. The maximum absolute atomic E-state index is 10.7. The van der Waals surface area contributed by atoms with Gasteiger partial charge in [-0.15, -0.1) is 0 Å². The fourth-order valence-electron chi connectivity index (χ4n) is 1.80. The highest BCUT2D eigenvalue weighted by atomic mass is 31.2. The van der Waals surface area contributed by atoms with Gasteiger partial charge in [0.2, 0.25) is 0 Å². The summed E-state index contributed by atoms with van der Waals surface area (Å²) in [5.41, 5.74) is 4.02. The van der Waals surface area contributed by atoms with Gasteiger partial charge in [-0.05, 0) is 53.4 Å². The second-order valence-corrected chi connectivity index (χ2v) is 7.38. The van der Waals surface area contributed by atoms with E-state index in [1.165, 1.54) is 16.7 Å².